The first-order valence-electron chi connectivity index (χ1n) is 12.1. The molecule has 1 fully saturated rings. The molecule has 0 radical (unpaired) electrons. The van der Waals surface area contributed by atoms with Gasteiger partial charge in [-0.3, -0.25) is 9.52 Å². The number of hydrogen-bond acceptors (Lipinski definition) is 7. The van der Waals surface area contributed by atoms with Crippen molar-refractivity contribution in [2.24, 2.45) is 0 Å². The zero-order chi connectivity index (χ0) is 28.1. The average Bonchev–Trinajstić information content (AvgIpc) is 3.52. The van der Waals surface area contributed by atoms with Crippen molar-refractivity contribution >= 4 is 56.3 Å². The Balaban J connectivity index is 1.42. The average molecular weight is 589 g/mol. The van der Waals surface area contributed by atoms with Gasteiger partial charge in [0.05, 0.1) is 16.2 Å². The van der Waals surface area contributed by atoms with Crippen molar-refractivity contribution in [1.29, 1.82) is 0 Å². The number of nitrogens with zero attached hydrogens (tertiary/aromatic N) is 5. The Morgan fingerprint density at radius 3 is 2.49 bits per heavy atom. The van der Waals surface area contributed by atoms with Crippen LogP contribution in [0, 0.1) is 6.92 Å². The first kappa shape index (κ1) is 27.2. The third-order valence-corrected chi connectivity index (χ3v) is 9.27. The number of hydrogen-bond donors (Lipinski definition) is 2. The molecule has 1 unspecified atom stereocenters. The maximum atomic E-state index is 13.2. The van der Waals surface area contributed by atoms with E-state index in [0.717, 1.165) is 17.5 Å². The summed E-state index contributed by atoms with van der Waals surface area (Å²) in [6, 6.07) is 9.84. The molecule has 0 saturated carbocycles. The van der Waals surface area contributed by atoms with Gasteiger partial charge in [-0.25, -0.2) is 13.4 Å². The zero-order valence-electron chi connectivity index (χ0n) is 21.5. The first-order valence-corrected chi connectivity index (χ1v) is 14.4. The highest BCUT2D eigenvalue weighted by Crippen LogP contribution is 2.34. The van der Waals surface area contributed by atoms with E-state index in [9.17, 15) is 13.2 Å². The summed E-state index contributed by atoms with van der Waals surface area (Å²) in [6.45, 7) is 3.14. The van der Waals surface area contributed by atoms with E-state index in [1.165, 1.54) is 22.8 Å². The van der Waals surface area contributed by atoms with Crippen LogP contribution in [0.3, 0.4) is 0 Å². The monoisotopic (exact) mass is 587 g/mol. The lowest BCUT2D eigenvalue weighted by molar-refractivity contribution is 0.0784. The molecule has 1 atom stereocenters. The third kappa shape index (κ3) is 5.03. The van der Waals surface area contributed by atoms with Crippen molar-refractivity contribution in [2.45, 2.75) is 24.3 Å². The number of likely N-dealkylation sites (N-methyl/N-ethyl adjacent to an activating group) is 1. The van der Waals surface area contributed by atoms with Crippen LogP contribution in [0.25, 0.3) is 16.8 Å². The van der Waals surface area contributed by atoms with Crippen molar-refractivity contribution in [1.82, 2.24) is 24.4 Å². The second-order valence-corrected chi connectivity index (χ2v) is 12.1. The second kappa shape index (κ2) is 10.3. The Hall–Kier alpha value is -3.38. The van der Waals surface area contributed by atoms with Crippen molar-refractivity contribution in [3.8, 4) is 11.1 Å². The minimum Gasteiger partial charge on any atom is -0.383 e. The van der Waals surface area contributed by atoms with E-state index >= 15 is 0 Å². The number of nitrogens with one attached hydrogen (secondary N) is 1. The number of aryl methyl sites for hydroxylation is 1. The largest absolute Gasteiger partial charge is 0.383 e. The molecule has 13 heteroatoms. The molecule has 1 saturated heterocycles. The Bertz CT molecular complexity index is 1690. The molecule has 0 bridgehead atoms. The fraction of sp³-hybridized carbons (Fsp3) is 0.269. The number of aromatic nitrogens is 3. The van der Waals surface area contributed by atoms with Gasteiger partial charge in [0.25, 0.3) is 15.9 Å². The van der Waals surface area contributed by atoms with E-state index in [1.807, 2.05) is 25.9 Å². The number of anilines is 2. The van der Waals surface area contributed by atoms with E-state index in [0.29, 0.717) is 47.4 Å². The molecule has 5 rings (SSSR count). The predicted octanol–water partition coefficient (Wildman–Crippen LogP) is 4.17. The smallest absolute Gasteiger partial charge is 0.264 e. The Morgan fingerprint density at radius 2 is 1.85 bits per heavy atom. The molecular formula is C26H27Cl2N7O3S. The number of halogens is 2. The summed E-state index contributed by atoms with van der Waals surface area (Å²) in [7, 11) is -0.0110. The predicted molar refractivity (Wildman–Crippen MR) is 153 cm³/mol. The van der Waals surface area contributed by atoms with Crippen LogP contribution in [0.2, 0.25) is 10.0 Å². The van der Waals surface area contributed by atoms with Gasteiger partial charge in [0.15, 0.2) is 5.65 Å². The van der Waals surface area contributed by atoms with Crippen molar-refractivity contribution in [3.05, 3.63) is 70.0 Å². The van der Waals surface area contributed by atoms with Crippen molar-refractivity contribution in [2.75, 3.05) is 37.6 Å². The van der Waals surface area contributed by atoms with Gasteiger partial charge < -0.3 is 15.5 Å². The molecule has 4 aromatic rings. The van der Waals surface area contributed by atoms with Gasteiger partial charge >= 0.3 is 0 Å². The SMILES string of the molecule is Cc1cc(NS(=O)(=O)c2c(Cl)cccc2Cl)ccc1-c1cnc2c(C(=O)N3CCC(N(C)C)C3)cnn2c1N. The van der Waals surface area contributed by atoms with E-state index in [4.69, 9.17) is 28.9 Å². The maximum Gasteiger partial charge on any atom is 0.264 e. The van der Waals surface area contributed by atoms with Gasteiger partial charge in [0.1, 0.15) is 16.3 Å². The standard InChI is InChI=1S/C26H27Cl2N7O3S/c1-15-11-16(32-39(37,38)23-21(27)5-4-6-22(23)28)7-8-18(15)19-12-30-25-20(13-31-35(25)24(19)29)26(36)34-10-9-17(14-34)33(2)3/h4-8,11-13,17,32H,9-10,14,29H2,1-3H3. The molecule has 204 valence electrons. The Kier molecular flexibility index (Phi) is 7.19. The quantitative estimate of drug-likeness (QED) is 0.346. The third-order valence-electron chi connectivity index (χ3n) is 6.93. The van der Waals surface area contributed by atoms with Gasteiger partial charge in [0.2, 0.25) is 0 Å². The Morgan fingerprint density at radius 1 is 1.13 bits per heavy atom. The molecule has 0 spiro atoms. The number of carbonyl (C=O) groups is 1. The van der Waals surface area contributed by atoms with Gasteiger partial charge in [-0.2, -0.15) is 9.61 Å². The summed E-state index contributed by atoms with van der Waals surface area (Å²) in [5.74, 6) is 0.186. The topological polar surface area (TPSA) is 126 Å². The minimum absolute atomic E-state index is 0.0230. The van der Waals surface area contributed by atoms with Gasteiger partial charge in [-0.05, 0) is 62.8 Å². The number of sulfonamides is 1. The summed E-state index contributed by atoms with van der Waals surface area (Å²) in [4.78, 5) is 21.5. The molecule has 1 aliphatic heterocycles. The van der Waals surface area contributed by atoms with E-state index in [2.05, 4.69) is 19.7 Å². The van der Waals surface area contributed by atoms with Crippen molar-refractivity contribution < 1.29 is 13.2 Å². The molecule has 3 N–H and O–H groups in total. The molecule has 1 amide bonds. The maximum absolute atomic E-state index is 13.2. The first-order chi connectivity index (χ1) is 18.5. The number of rotatable bonds is 6. The number of carbonyl (C=O) groups excluding carboxylic acids is 1. The molecule has 39 heavy (non-hydrogen) atoms. The number of benzene rings is 2. The summed E-state index contributed by atoms with van der Waals surface area (Å²) in [6.07, 6.45) is 4.01. The fourth-order valence-electron chi connectivity index (χ4n) is 4.80. The highest BCUT2D eigenvalue weighted by atomic mass is 35.5. The summed E-state index contributed by atoms with van der Waals surface area (Å²) < 4.78 is 29.9. The molecule has 3 heterocycles. The van der Waals surface area contributed by atoms with Gasteiger partial charge in [-0.15, -0.1) is 0 Å². The summed E-state index contributed by atoms with van der Waals surface area (Å²) >= 11 is 12.2. The summed E-state index contributed by atoms with van der Waals surface area (Å²) in [5.41, 5.74) is 9.66. The van der Waals surface area contributed by atoms with Crippen LogP contribution in [-0.4, -0.2) is 71.9 Å². The van der Waals surface area contributed by atoms with Crippen LogP contribution in [0.4, 0.5) is 11.5 Å². The second-order valence-electron chi connectivity index (χ2n) is 9.69. The number of nitrogen functional groups attached to an aromatic ring is 1. The fourth-order valence-corrected chi connectivity index (χ4v) is 7.00. The molecule has 10 nitrogen and oxygen atoms in total. The molecule has 2 aromatic carbocycles. The normalized spacial score (nSPS) is 15.8. The van der Waals surface area contributed by atoms with Crippen LogP contribution in [-0.2, 0) is 10.0 Å². The molecule has 2 aromatic heterocycles. The molecule has 0 aliphatic carbocycles. The van der Waals surface area contributed by atoms with Crippen molar-refractivity contribution in [3.63, 3.8) is 0 Å². The van der Waals surface area contributed by atoms with Gasteiger partial charge in [0, 0.05) is 36.6 Å². The van der Waals surface area contributed by atoms with Gasteiger partial charge in [-0.1, -0.05) is 35.3 Å². The van der Waals surface area contributed by atoms with Crippen LogP contribution in [0.15, 0.2) is 53.7 Å². The van der Waals surface area contributed by atoms with Crippen LogP contribution in [0.5, 0.6) is 0 Å². The molecule has 1 aliphatic rings. The number of nitrogens with two attached hydrogens (primary N) is 1. The number of amides is 1. The highest BCUT2D eigenvalue weighted by Gasteiger charge is 2.30. The van der Waals surface area contributed by atoms with E-state index in [1.54, 1.807) is 30.5 Å². The minimum atomic E-state index is -4.03. The zero-order valence-corrected chi connectivity index (χ0v) is 23.8. The van der Waals surface area contributed by atoms with Crippen LogP contribution >= 0.6 is 23.2 Å². The van der Waals surface area contributed by atoms with Crippen LogP contribution < -0.4 is 10.5 Å². The summed E-state index contributed by atoms with van der Waals surface area (Å²) in [5, 5.41) is 4.40. The number of fused-ring (bicyclic) bond motifs is 1. The highest BCUT2D eigenvalue weighted by molar-refractivity contribution is 7.93. The van der Waals surface area contributed by atoms with E-state index < -0.39 is 10.0 Å². The lowest BCUT2D eigenvalue weighted by Gasteiger charge is -2.20. The number of likely N-dealkylation sites (tertiary alicyclic amines) is 1. The lowest BCUT2D eigenvalue weighted by Crippen LogP contribution is -2.34. The van der Waals surface area contributed by atoms with Crippen LogP contribution in [0.1, 0.15) is 22.3 Å². The Labute approximate surface area is 236 Å². The molecular weight excluding hydrogens is 561 g/mol. The lowest BCUT2D eigenvalue weighted by atomic mass is 10.0. The van der Waals surface area contributed by atoms with E-state index in [-0.39, 0.29) is 20.8 Å².